The summed E-state index contributed by atoms with van der Waals surface area (Å²) in [6.45, 7) is 4.72. The molecule has 0 heterocycles. The quantitative estimate of drug-likeness (QED) is 0.390. The molecule has 7 nitrogen and oxygen atoms in total. The summed E-state index contributed by atoms with van der Waals surface area (Å²) in [7, 11) is 1.06. The van der Waals surface area contributed by atoms with Crippen molar-refractivity contribution in [1.29, 1.82) is 0 Å². The Kier molecular flexibility index (Phi) is 7.14. The maximum Gasteiger partial charge on any atom is 0.313 e. The van der Waals surface area contributed by atoms with Gasteiger partial charge in [0, 0.05) is 7.05 Å². The zero-order valence-corrected chi connectivity index (χ0v) is 16.2. The molecule has 7 heteroatoms. The molecular weight excluding hydrogens is 362 g/mol. The van der Waals surface area contributed by atoms with E-state index in [0.717, 1.165) is 7.05 Å². The lowest BCUT2D eigenvalue weighted by Gasteiger charge is -2.29. The first-order chi connectivity index (χ1) is 13.3. The Morgan fingerprint density at radius 3 is 1.61 bits per heavy atom. The zero-order valence-electron chi connectivity index (χ0n) is 16.2. The van der Waals surface area contributed by atoms with E-state index in [1.165, 1.54) is 0 Å². The van der Waals surface area contributed by atoms with Gasteiger partial charge in [-0.05, 0) is 49.2 Å². The van der Waals surface area contributed by atoms with E-state index in [0.29, 0.717) is 35.8 Å². The highest BCUT2D eigenvalue weighted by molar-refractivity contribution is 6.35. The van der Waals surface area contributed by atoms with Gasteiger partial charge in [-0.25, -0.2) is 5.06 Å². The molecule has 2 N–H and O–H groups in total. The van der Waals surface area contributed by atoms with Gasteiger partial charge in [-0.1, -0.05) is 24.3 Å². The second kappa shape index (κ2) is 9.34. The molecule has 2 aromatic carbocycles. The topological polar surface area (TPSA) is 96.3 Å². The molecule has 0 spiro atoms. The maximum absolute atomic E-state index is 12.3. The van der Waals surface area contributed by atoms with E-state index < -0.39 is 23.7 Å². The Morgan fingerprint density at radius 1 is 0.893 bits per heavy atom. The number of likely N-dealkylation sites (N-methyl/N-ethyl adjacent to an activating group) is 1. The molecule has 28 heavy (non-hydrogen) atoms. The Morgan fingerprint density at radius 2 is 1.29 bits per heavy atom. The van der Waals surface area contributed by atoms with E-state index >= 15 is 0 Å². The Bertz CT molecular complexity index is 749. The van der Waals surface area contributed by atoms with Crippen LogP contribution in [0.5, 0.6) is 11.5 Å². The number of carbonyl (C=O) groups excluding carboxylic acids is 2. The van der Waals surface area contributed by atoms with E-state index in [1.54, 1.807) is 48.5 Å². The van der Waals surface area contributed by atoms with Gasteiger partial charge in [-0.2, -0.15) is 0 Å². The number of hydrogen-bond acceptors (Lipinski definition) is 6. The van der Waals surface area contributed by atoms with Crippen LogP contribution in [0, 0.1) is 0 Å². The lowest BCUT2D eigenvalue weighted by Crippen LogP contribution is -2.37. The summed E-state index contributed by atoms with van der Waals surface area (Å²) in [6.07, 6.45) is -0.529. The third-order valence-electron chi connectivity index (χ3n) is 4.23. The van der Waals surface area contributed by atoms with Gasteiger partial charge in [-0.15, -0.1) is 0 Å². The summed E-state index contributed by atoms with van der Waals surface area (Å²) in [5.74, 6) is -0.777. The molecule has 0 aliphatic heterocycles. The first-order valence-electron chi connectivity index (χ1n) is 9.00. The molecule has 0 fully saturated rings. The predicted molar refractivity (Wildman–Crippen MR) is 102 cm³/mol. The molecule has 0 atom stereocenters. The minimum atomic E-state index is -1.77. The predicted octanol–water partition coefficient (Wildman–Crippen LogP) is 2.53. The summed E-state index contributed by atoms with van der Waals surface area (Å²) >= 11 is 0. The molecule has 0 aliphatic carbocycles. The molecule has 0 saturated heterocycles. The minimum absolute atomic E-state index is 0.207. The molecule has 150 valence electrons. The van der Waals surface area contributed by atoms with E-state index in [9.17, 15) is 19.9 Å². The second-order valence-electron chi connectivity index (χ2n) is 6.20. The summed E-state index contributed by atoms with van der Waals surface area (Å²) in [5, 5.41) is 20.9. The summed E-state index contributed by atoms with van der Waals surface area (Å²) < 4.78 is 10.8. The zero-order chi connectivity index (χ0) is 20.7. The third-order valence-corrected chi connectivity index (χ3v) is 4.23. The van der Waals surface area contributed by atoms with Crippen LogP contribution in [-0.2, 0) is 15.2 Å². The monoisotopic (exact) mass is 387 g/mol. The summed E-state index contributed by atoms with van der Waals surface area (Å²) in [6, 6.07) is 13.3. The van der Waals surface area contributed by atoms with E-state index in [2.05, 4.69) is 0 Å². The average Bonchev–Trinajstić information content (AvgIpc) is 2.68. The van der Waals surface area contributed by atoms with Crippen molar-refractivity contribution < 1.29 is 29.4 Å². The van der Waals surface area contributed by atoms with Gasteiger partial charge in [0.25, 0.3) is 0 Å². The molecule has 2 aromatic rings. The van der Waals surface area contributed by atoms with Gasteiger partial charge in [0.1, 0.15) is 17.1 Å². The molecule has 2 rings (SSSR count). The van der Waals surface area contributed by atoms with Gasteiger partial charge < -0.3 is 14.6 Å². The van der Waals surface area contributed by atoms with Crippen molar-refractivity contribution >= 4 is 11.7 Å². The molecule has 0 aromatic heterocycles. The highest BCUT2D eigenvalue weighted by Gasteiger charge is 2.37. The van der Waals surface area contributed by atoms with E-state index in [1.807, 2.05) is 13.8 Å². The number of carbonyl (C=O) groups is 2. The first-order valence-corrected chi connectivity index (χ1v) is 9.00. The molecule has 0 bridgehead atoms. The van der Waals surface area contributed by atoms with Crippen molar-refractivity contribution in [2.24, 2.45) is 0 Å². The number of nitrogens with zero attached hydrogens (tertiary/aromatic N) is 1. The van der Waals surface area contributed by atoms with Crippen molar-refractivity contribution in [3.05, 3.63) is 59.7 Å². The lowest BCUT2D eigenvalue weighted by atomic mass is 9.82. The number of aliphatic hydroxyl groups is 1. The highest BCUT2D eigenvalue weighted by atomic mass is 16.5. The summed E-state index contributed by atoms with van der Waals surface area (Å²) in [4.78, 5) is 24.2. The van der Waals surface area contributed by atoms with Crippen LogP contribution in [0.2, 0.25) is 0 Å². The Labute approximate surface area is 164 Å². The lowest BCUT2D eigenvalue weighted by molar-refractivity contribution is -0.166. The van der Waals surface area contributed by atoms with Crippen molar-refractivity contribution in [3.8, 4) is 11.5 Å². The number of ketones is 1. The molecule has 0 saturated carbocycles. The largest absolute Gasteiger partial charge is 0.494 e. The SMILES string of the molecule is CCOc1ccc(C(O)(CC(=O)C(=O)N(C)O)c2ccc(OCC)cc2)cc1. The standard InChI is InChI=1S/C21H25NO6/c1-4-27-17-10-6-15(7-11-17)21(25,14-19(23)20(24)22(3)26)16-8-12-18(13-9-16)28-5-2/h6-13,25-26H,4-5,14H2,1-3H3. The number of hydrogen-bond donors (Lipinski definition) is 2. The van der Waals surface area contributed by atoms with Gasteiger partial charge in [0.15, 0.2) is 0 Å². The van der Waals surface area contributed by atoms with Crippen molar-refractivity contribution in [1.82, 2.24) is 5.06 Å². The van der Waals surface area contributed by atoms with Crippen LogP contribution in [0.4, 0.5) is 0 Å². The van der Waals surface area contributed by atoms with Crippen LogP contribution in [0.15, 0.2) is 48.5 Å². The summed E-state index contributed by atoms with van der Waals surface area (Å²) in [5.41, 5.74) is -0.929. The van der Waals surface area contributed by atoms with Gasteiger partial charge in [-0.3, -0.25) is 14.8 Å². The molecule has 0 aliphatic rings. The maximum atomic E-state index is 12.3. The number of rotatable bonds is 9. The average molecular weight is 387 g/mol. The number of amides is 1. The highest BCUT2D eigenvalue weighted by Crippen LogP contribution is 2.35. The Hall–Kier alpha value is -2.90. The van der Waals surface area contributed by atoms with Crippen LogP contribution < -0.4 is 9.47 Å². The van der Waals surface area contributed by atoms with E-state index in [4.69, 9.17) is 9.47 Å². The van der Waals surface area contributed by atoms with Crippen LogP contribution in [0.25, 0.3) is 0 Å². The number of ether oxygens (including phenoxy) is 2. The molecule has 1 amide bonds. The third kappa shape index (κ3) is 4.88. The normalized spacial score (nSPS) is 11.0. The number of benzene rings is 2. The van der Waals surface area contributed by atoms with Crippen molar-refractivity contribution in [2.75, 3.05) is 20.3 Å². The first kappa shape index (κ1) is 21.4. The van der Waals surface area contributed by atoms with Crippen LogP contribution in [0.1, 0.15) is 31.4 Å². The molecular formula is C21H25NO6. The fourth-order valence-electron chi connectivity index (χ4n) is 2.85. The second-order valence-corrected chi connectivity index (χ2v) is 6.20. The Balaban J connectivity index is 2.44. The van der Waals surface area contributed by atoms with Gasteiger partial charge in [0.2, 0.25) is 5.78 Å². The van der Waals surface area contributed by atoms with Crippen LogP contribution in [-0.4, -0.2) is 47.3 Å². The fourth-order valence-corrected chi connectivity index (χ4v) is 2.85. The fraction of sp³-hybridized carbons (Fsp3) is 0.333. The van der Waals surface area contributed by atoms with Crippen molar-refractivity contribution in [2.45, 2.75) is 25.9 Å². The number of hydroxylamine groups is 2. The van der Waals surface area contributed by atoms with Crippen LogP contribution in [0.3, 0.4) is 0 Å². The van der Waals surface area contributed by atoms with E-state index in [-0.39, 0.29) is 5.06 Å². The van der Waals surface area contributed by atoms with Crippen molar-refractivity contribution in [3.63, 3.8) is 0 Å². The van der Waals surface area contributed by atoms with Gasteiger partial charge >= 0.3 is 5.91 Å². The molecule has 0 unspecified atom stereocenters. The number of Topliss-reactive ketones (excluding diaryl/α,β-unsaturated/α-hetero) is 1. The minimum Gasteiger partial charge on any atom is -0.494 e. The van der Waals surface area contributed by atoms with Gasteiger partial charge in [0.05, 0.1) is 19.6 Å². The van der Waals surface area contributed by atoms with Crippen LogP contribution >= 0.6 is 0 Å². The smallest absolute Gasteiger partial charge is 0.313 e. The molecule has 0 radical (unpaired) electrons.